The largest absolute Gasteiger partial charge is 0.740 e. The van der Waals surface area contributed by atoms with Crippen molar-refractivity contribution in [2.75, 3.05) is 6.54 Å². The number of nitrogens with two attached hydrogens (primary N) is 1. The van der Waals surface area contributed by atoms with E-state index in [0.717, 1.165) is 0 Å². The quantitative estimate of drug-likeness (QED) is 0.281. The van der Waals surface area contributed by atoms with Crippen molar-refractivity contribution in [3.8, 4) is 0 Å². The van der Waals surface area contributed by atoms with Crippen LogP contribution in [0.4, 0.5) is 0 Å². The summed E-state index contributed by atoms with van der Waals surface area (Å²) in [5.74, 6) is -0.460. The number of hydrogen-bond acceptors (Lipinski definition) is 5. The molecule has 1 atom stereocenters. The molecule has 0 heterocycles. The first kappa shape index (κ1) is 7.54. The van der Waals surface area contributed by atoms with Crippen LogP contribution in [0, 0.1) is 5.41 Å². The van der Waals surface area contributed by atoms with Crippen LogP contribution in [0.1, 0.15) is 0 Å². The lowest BCUT2D eigenvalue weighted by atomic mass is 10.7. The molecule has 0 aromatic rings. The molecule has 5 nitrogen and oxygen atoms in total. The van der Waals surface area contributed by atoms with Crippen LogP contribution in [0.5, 0.6) is 0 Å². The molecule has 0 radical (unpaired) electrons. The van der Waals surface area contributed by atoms with E-state index >= 15 is 0 Å². The molecule has 0 saturated heterocycles. The van der Waals surface area contributed by atoms with E-state index in [1.165, 1.54) is 0 Å². The summed E-state index contributed by atoms with van der Waals surface area (Å²) in [6.45, 7) is -0.200. The molecule has 6 heteroatoms. The minimum Gasteiger partial charge on any atom is -0.740 e. The minimum atomic E-state index is -2.65. The summed E-state index contributed by atoms with van der Waals surface area (Å²) in [4.78, 5) is 0. The van der Waals surface area contributed by atoms with Gasteiger partial charge in [-0.3, -0.25) is 5.41 Å². The lowest BCUT2D eigenvalue weighted by molar-refractivity contribution is 0.431. The smallest absolute Gasteiger partial charge is 0.212 e. The number of rotatable bonds is 2. The molecule has 48 valence electrons. The van der Waals surface area contributed by atoms with E-state index in [-0.39, 0.29) is 6.54 Å². The Balaban J connectivity index is 3.40. The fourth-order valence-electron chi connectivity index (χ4n) is 0.116. The second-order valence-corrected chi connectivity index (χ2v) is 1.49. The molecule has 0 rings (SSSR count). The van der Waals surface area contributed by atoms with Crippen LogP contribution in [0.15, 0.2) is 0 Å². The maximum atomic E-state index is 9.55. The molecule has 8 heavy (non-hydrogen) atoms. The van der Waals surface area contributed by atoms with Gasteiger partial charge in [0, 0.05) is 0 Å². The molecule has 0 fully saturated rings. The monoisotopic (exact) mass is 137 g/mol. The average Bonchev–Trinajstić information content (AvgIpc) is 1.65. The molecule has 0 aliphatic heterocycles. The molecular formula is C2H5N2O3S-. The van der Waals surface area contributed by atoms with Crippen molar-refractivity contribution in [1.82, 2.24) is 0 Å². The van der Waals surface area contributed by atoms with E-state index in [9.17, 15) is 8.76 Å². The number of hydrogen-bond donors (Lipinski definition) is 2. The highest BCUT2D eigenvalue weighted by Gasteiger charge is 1.89. The predicted octanol–water partition coefficient (Wildman–Crippen LogP) is -1.27. The van der Waals surface area contributed by atoms with Gasteiger partial charge in [-0.25, -0.2) is 4.21 Å². The molecule has 0 aromatic heterocycles. The molecule has 1 unspecified atom stereocenters. The van der Waals surface area contributed by atoms with Crippen LogP contribution in [0.2, 0.25) is 0 Å². The zero-order chi connectivity index (χ0) is 6.57. The first-order chi connectivity index (χ1) is 3.66. The molecule has 0 aromatic carbocycles. The molecule has 0 bridgehead atoms. The van der Waals surface area contributed by atoms with Gasteiger partial charge in [-0.05, 0) is 0 Å². The summed E-state index contributed by atoms with van der Waals surface area (Å²) >= 11 is -2.65. The van der Waals surface area contributed by atoms with Gasteiger partial charge in [-0.1, -0.05) is 0 Å². The van der Waals surface area contributed by atoms with E-state index in [0.29, 0.717) is 0 Å². The topological polar surface area (TPSA) is 99.2 Å². The molecule has 0 saturated carbocycles. The Bertz CT molecular complexity index is 114. The first-order valence-corrected chi connectivity index (χ1v) is 2.72. The van der Waals surface area contributed by atoms with Crippen LogP contribution in [-0.4, -0.2) is 21.2 Å². The summed E-state index contributed by atoms with van der Waals surface area (Å²) in [5.41, 5.74) is 4.80. The van der Waals surface area contributed by atoms with Crippen molar-refractivity contribution in [3.05, 3.63) is 0 Å². The summed E-state index contributed by atoms with van der Waals surface area (Å²) in [5, 5.41) is 6.53. The van der Waals surface area contributed by atoms with Crippen molar-refractivity contribution in [3.63, 3.8) is 0 Å². The Hall–Kier alpha value is -0.460. The average molecular weight is 137 g/mol. The molecule has 0 aliphatic rings. The normalized spacial score (nSPS) is 12.8. The van der Waals surface area contributed by atoms with Gasteiger partial charge in [-0.15, -0.1) is 0 Å². The van der Waals surface area contributed by atoms with E-state index in [1.807, 2.05) is 0 Å². The summed E-state index contributed by atoms with van der Waals surface area (Å²) in [6.07, 6.45) is 0. The van der Waals surface area contributed by atoms with Gasteiger partial charge >= 0.3 is 0 Å². The summed E-state index contributed by atoms with van der Waals surface area (Å²) in [6, 6.07) is 0. The Kier molecular flexibility index (Phi) is 3.33. The highest BCUT2D eigenvalue weighted by atomic mass is 32.2. The van der Waals surface area contributed by atoms with Gasteiger partial charge in [0.25, 0.3) is 0 Å². The van der Waals surface area contributed by atoms with E-state index in [1.54, 1.807) is 0 Å². The van der Waals surface area contributed by atoms with Crippen molar-refractivity contribution >= 4 is 17.3 Å². The first-order valence-electron chi connectivity index (χ1n) is 1.72. The third-order valence-electron chi connectivity index (χ3n) is 0.354. The lowest BCUT2D eigenvalue weighted by Crippen LogP contribution is -2.16. The van der Waals surface area contributed by atoms with Crippen LogP contribution >= 0.6 is 0 Å². The Morgan fingerprint density at radius 1 is 2.00 bits per heavy atom. The van der Waals surface area contributed by atoms with Crippen LogP contribution < -0.4 is 5.73 Å². The van der Waals surface area contributed by atoms with E-state index < -0.39 is 17.3 Å². The van der Waals surface area contributed by atoms with Crippen LogP contribution in [0.3, 0.4) is 0 Å². The standard InChI is InChI=1S/C2H6N2O3S/c3-1-2(4)7-8(5)6/h4H,1,3H2,(H,5,6)/p-1. The van der Waals surface area contributed by atoms with Crippen LogP contribution in [0.25, 0.3) is 0 Å². The van der Waals surface area contributed by atoms with E-state index in [4.69, 9.17) is 11.1 Å². The minimum absolute atomic E-state index is 0.200. The van der Waals surface area contributed by atoms with Crippen molar-refractivity contribution < 1.29 is 12.9 Å². The third-order valence-corrected chi connectivity index (χ3v) is 0.691. The Morgan fingerprint density at radius 2 is 2.50 bits per heavy atom. The van der Waals surface area contributed by atoms with Gasteiger partial charge < -0.3 is 14.5 Å². The lowest BCUT2D eigenvalue weighted by Gasteiger charge is -2.04. The maximum Gasteiger partial charge on any atom is 0.212 e. The zero-order valence-corrected chi connectivity index (χ0v) is 4.73. The Morgan fingerprint density at radius 3 is 2.62 bits per heavy atom. The SMILES string of the molecule is N=C(CN)OS(=O)[O-]. The second-order valence-electron chi connectivity index (χ2n) is 0.915. The van der Waals surface area contributed by atoms with Gasteiger partial charge in [0.05, 0.1) is 6.54 Å². The van der Waals surface area contributed by atoms with Crippen molar-refractivity contribution in [2.45, 2.75) is 0 Å². The maximum absolute atomic E-state index is 9.55. The van der Waals surface area contributed by atoms with Crippen LogP contribution in [-0.2, 0) is 15.5 Å². The fourth-order valence-corrected chi connectivity index (χ4v) is 0.348. The third kappa shape index (κ3) is 3.72. The summed E-state index contributed by atoms with van der Waals surface area (Å²) in [7, 11) is 0. The van der Waals surface area contributed by atoms with Crippen molar-refractivity contribution in [1.29, 1.82) is 5.41 Å². The highest BCUT2D eigenvalue weighted by molar-refractivity contribution is 7.74. The molecule has 0 spiro atoms. The highest BCUT2D eigenvalue weighted by Crippen LogP contribution is 1.77. The van der Waals surface area contributed by atoms with Gasteiger partial charge in [0.15, 0.2) is 0 Å². The van der Waals surface area contributed by atoms with Gasteiger partial charge in [0.1, 0.15) is 11.4 Å². The van der Waals surface area contributed by atoms with Gasteiger partial charge in [-0.2, -0.15) is 0 Å². The summed E-state index contributed by atoms with van der Waals surface area (Å²) < 4.78 is 22.9. The zero-order valence-electron chi connectivity index (χ0n) is 3.92. The Labute approximate surface area is 48.8 Å². The molecule has 0 amide bonds. The second kappa shape index (κ2) is 3.53. The fraction of sp³-hybridized carbons (Fsp3) is 0.500. The number of nitrogens with one attached hydrogen (secondary N) is 1. The van der Waals surface area contributed by atoms with Gasteiger partial charge in [0.2, 0.25) is 5.90 Å². The molecular weight excluding hydrogens is 132 g/mol. The predicted molar refractivity (Wildman–Crippen MR) is 26.8 cm³/mol. The van der Waals surface area contributed by atoms with Crippen molar-refractivity contribution in [2.24, 2.45) is 5.73 Å². The molecule has 0 aliphatic carbocycles. The molecule has 3 N–H and O–H groups in total. The van der Waals surface area contributed by atoms with E-state index in [2.05, 4.69) is 4.18 Å².